The van der Waals surface area contributed by atoms with Crippen molar-refractivity contribution in [1.82, 2.24) is 0 Å². The van der Waals surface area contributed by atoms with Crippen molar-refractivity contribution in [2.24, 2.45) is 0 Å². The molecule has 1 N–H and O–H groups in total. The number of aliphatic hydroxyl groups excluding tert-OH is 1. The van der Waals surface area contributed by atoms with Crippen LogP contribution in [0.2, 0.25) is 0 Å². The maximum Gasteiger partial charge on any atom is 0.194 e. The summed E-state index contributed by atoms with van der Waals surface area (Å²) < 4.78 is 5.16. The van der Waals surface area contributed by atoms with Crippen molar-refractivity contribution in [3.63, 3.8) is 0 Å². The van der Waals surface area contributed by atoms with Crippen molar-refractivity contribution < 1.29 is 9.84 Å². The Morgan fingerprint density at radius 3 is 2.00 bits per heavy atom. The molecule has 1 unspecified atom stereocenters. The van der Waals surface area contributed by atoms with Crippen LogP contribution in [0, 0.1) is 0 Å². The van der Waals surface area contributed by atoms with Crippen LogP contribution in [0.4, 0.5) is 0 Å². The van der Waals surface area contributed by atoms with E-state index in [2.05, 4.69) is 12.1 Å². The Bertz CT molecular complexity index is 432. The van der Waals surface area contributed by atoms with Gasteiger partial charge in [-0.3, -0.25) is 0 Å². The smallest absolute Gasteiger partial charge is 0.194 e. The molecule has 82 valence electrons. The molecule has 0 radical (unpaired) electrons. The Morgan fingerprint density at radius 2 is 1.44 bits per heavy atom. The van der Waals surface area contributed by atoms with E-state index < -0.39 is 6.29 Å². The third-order valence-corrected chi connectivity index (χ3v) is 2.27. The first-order valence-electron chi connectivity index (χ1n) is 5.26. The van der Waals surface area contributed by atoms with Crippen molar-refractivity contribution in [3.8, 4) is 16.9 Å². The van der Waals surface area contributed by atoms with Crippen molar-refractivity contribution in [3.05, 3.63) is 54.6 Å². The van der Waals surface area contributed by atoms with E-state index in [-0.39, 0.29) is 0 Å². The molecule has 0 fully saturated rings. The normalized spacial score (nSPS) is 12.1. The van der Waals surface area contributed by atoms with Gasteiger partial charge in [0.25, 0.3) is 0 Å². The molecule has 0 aliphatic carbocycles. The second-order valence-electron chi connectivity index (χ2n) is 3.61. The molecular formula is C14H14O2. The van der Waals surface area contributed by atoms with Crippen molar-refractivity contribution in [2.45, 2.75) is 13.2 Å². The van der Waals surface area contributed by atoms with E-state index in [1.54, 1.807) is 6.92 Å². The zero-order valence-electron chi connectivity index (χ0n) is 9.13. The molecule has 0 amide bonds. The van der Waals surface area contributed by atoms with Gasteiger partial charge < -0.3 is 9.84 Å². The number of ether oxygens (including phenoxy) is 1. The molecule has 2 aromatic rings. The topological polar surface area (TPSA) is 29.5 Å². The molecule has 0 bridgehead atoms. The van der Waals surface area contributed by atoms with Crippen LogP contribution in [-0.2, 0) is 0 Å². The third kappa shape index (κ3) is 2.61. The van der Waals surface area contributed by atoms with Crippen molar-refractivity contribution in [1.29, 1.82) is 0 Å². The number of hydrogen-bond acceptors (Lipinski definition) is 2. The molecule has 1 atom stereocenters. The first-order chi connectivity index (χ1) is 7.75. The Kier molecular flexibility index (Phi) is 3.22. The van der Waals surface area contributed by atoms with Gasteiger partial charge >= 0.3 is 0 Å². The van der Waals surface area contributed by atoms with Crippen LogP contribution < -0.4 is 4.74 Å². The highest BCUT2D eigenvalue weighted by molar-refractivity contribution is 5.63. The molecule has 0 heterocycles. The molecule has 0 saturated heterocycles. The number of hydrogen-bond donors (Lipinski definition) is 1. The van der Waals surface area contributed by atoms with Crippen LogP contribution in [0.5, 0.6) is 5.75 Å². The molecule has 0 spiro atoms. The lowest BCUT2D eigenvalue weighted by Gasteiger charge is -2.09. The number of rotatable bonds is 3. The standard InChI is InChI=1S/C14H14O2/c1-11(15)16-14-9-7-13(8-10-14)12-5-3-2-4-6-12/h2-11,15H,1H3. The molecule has 2 rings (SSSR count). The van der Waals surface area contributed by atoms with Gasteiger partial charge in [-0.1, -0.05) is 42.5 Å². The van der Waals surface area contributed by atoms with Crippen LogP contribution in [0.3, 0.4) is 0 Å². The van der Waals surface area contributed by atoms with Gasteiger partial charge in [-0.15, -0.1) is 0 Å². The van der Waals surface area contributed by atoms with Crippen molar-refractivity contribution in [2.75, 3.05) is 0 Å². The predicted molar refractivity (Wildman–Crippen MR) is 64.2 cm³/mol. The number of aliphatic hydroxyl groups is 1. The van der Waals surface area contributed by atoms with Gasteiger partial charge in [0, 0.05) is 0 Å². The van der Waals surface area contributed by atoms with E-state index in [1.165, 1.54) is 5.56 Å². The Labute approximate surface area is 95.1 Å². The quantitative estimate of drug-likeness (QED) is 0.796. The summed E-state index contributed by atoms with van der Waals surface area (Å²) in [6.07, 6.45) is -0.775. The molecule has 0 aromatic heterocycles. The molecular weight excluding hydrogens is 200 g/mol. The van der Waals surface area contributed by atoms with Gasteiger partial charge in [0.2, 0.25) is 0 Å². The van der Waals surface area contributed by atoms with E-state index >= 15 is 0 Å². The van der Waals surface area contributed by atoms with Crippen molar-refractivity contribution >= 4 is 0 Å². The maximum atomic E-state index is 9.07. The second kappa shape index (κ2) is 4.81. The van der Waals surface area contributed by atoms with E-state index in [0.29, 0.717) is 5.75 Å². The van der Waals surface area contributed by atoms with Gasteiger partial charge in [0.1, 0.15) is 5.75 Å². The Balaban J connectivity index is 2.20. The minimum Gasteiger partial charge on any atom is -0.465 e. The zero-order chi connectivity index (χ0) is 11.4. The Morgan fingerprint density at radius 1 is 0.875 bits per heavy atom. The van der Waals surface area contributed by atoms with Gasteiger partial charge in [0.15, 0.2) is 6.29 Å². The van der Waals surface area contributed by atoms with E-state index in [0.717, 1.165) is 5.56 Å². The van der Waals surface area contributed by atoms with Crippen LogP contribution >= 0.6 is 0 Å². The van der Waals surface area contributed by atoms with Gasteiger partial charge in [-0.2, -0.15) is 0 Å². The van der Waals surface area contributed by atoms with Gasteiger partial charge in [-0.05, 0) is 30.2 Å². The molecule has 2 nitrogen and oxygen atoms in total. The van der Waals surface area contributed by atoms with Crippen LogP contribution in [0.25, 0.3) is 11.1 Å². The number of benzene rings is 2. The summed E-state index contributed by atoms with van der Waals surface area (Å²) in [4.78, 5) is 0. The Hall–Kier alpha value is -1.80. The first kappa shape index (κ1) is 10.7. The summed E-state index contributed by atoms with van der Waals surface area (Å²) >= 11 is 0. The van der Waals surface area contributed by atoms with E-state index in [4.69, 9.17) is 9.84 Å². The average molecular weight is 214 g/mol. The summed E-state index contributed by atoms with van der Waals surface area (Å²) in [6.45, 7) is 1.59. The summed E-state index contributed by atoms with van der Waals surface area (Å²) in [6, 6.07) is 17.8. The maximum absolute atomic E-state index is 9.07. The van der Waals surface area contributed by atoms with Gasteiger partial charge in [-0.25, -0.2) is 0 Å². The highest BCUT2D eigenvalue weighted by atomic mass is 16.6. The fraction of sp³-hybridized carbons (Fsp3) is 0.143. The summed E-state index contributed by atoms with van der Waals surface area (Å²) in [5.41, 5.74) is 2.31. The highest BCUT2D eigenvalue weighted by Crippen LogP contribution is 2.22. The minimum atomic E-state index is -0.775. The SMILES string of the molecule is CC(O)Oc1ccc(-c2ccccc2)cc1. The van der Waals surface area contributed by atoms with E-state index in [9.17, 15) is 0 Å². The molecule has 0 aliphatic rings. The molecule has 0 aliphatic heterocycles. The van der Waals surface area contributed by atoms with E-state index in [1.807, 2.05) is 42.5 Å². The zero-order valence-corrected chi connectivity index (χ0v) is 9.13. The average Bonchev–Trinajstić information content (AvgIpc) is 2.30. The lowest BCUT2D eigenvalue weighted by molar-refractivity contribution is -0.000281. The molecule has 2 heteroatoms. The third-order valence-electron chi connectivity index (χ3n) is 2.27. The summed E-state index contributed by atoms with van der Waals surface area (Å²) in [5.74, 6) is 0.676. The summed E-state index contributed by atoms with van der Waals surface area (Å²) in [7, 11) is 0. The highest BCUT2D eigenvalue weighted by Gasteiger charge is 2.00. The lowest BCUT2D eigenvalue weighted by atomic mass is 10.1. The summed E-state index contributed by atoms with van der Waals surface area (Å²) in [5, 5.41) is 9.07. The second-order valence-corrected chi connectivity index (χ2v) is 3.61. The largest absolute Gasteiger partial charge is 0.465 e. The fourth-order valence-corrected chi connectivity index (χ4v) is 1.55. The fourth-order valence-electron chi connectivity index (χ4n) is 1.55. The molecule has 0 saturated carbocycles. The van der Waals surface area contributed by atoms with Gasteiger partial charge in [0.05, 0.1) is 0 Å². The molecule has 16 heavy (non-hydrogen) atoms. The minimum absolute atomic E-state index is 0.676. The first-order valence-corrected chi connectivity index (χ1v) is 5.26. The van der Waals surface area contributed by atoms with Crippen LogP contribution in [-0.4, -0.2) is 11.4 Å². The van der Waals surface area contributed by atoms with Crippen LogP contribution in [0.15, 0.2) is 54.6 Å². The lowest BCUT2D eigenvalue weighted by Crippen LogP contribution is -2.09. The molecule has 2 aromatic carbocycles. The van der Waals surface area contributed by atoms with Crippen LogP contribution in [0.1, 0.15) is 6.92 Å². The monoisotopic (exact) mass is 214 g/mol. The predicted octanol–water partition coefficient (Wildman–Crippen LogP) is 3.07.